The minimum Gasteiger partial charge on any atom is -0.486 e. The number of rotatable bonds is 6. The number of hydrogen-bond acceptors (Lipinski definition) is 7. The first-order valence-corrected chi connectivity index (χ1v) is 12.5. The summed E-state index contributed by atoms with van der Waals surface area (Å²) in [5, 5.41) is 9.12. The topological polar surface area (TPSA) is 81.9 Å². The summed E-state index contributed by atoms with van der Waals surface area (Å²) < 4.78 is 11.7. The number of anilines is 2. The number of pyridine rings is 1. The lowest BCUT2D eigenvalue weighted by atomic mass is 9.95. The highest BCUT2D eigenvalue weighted by molar-refractivity contribution is 5.95. The number of nitrogens with zero attached hydrogens (tertiary/aromatic N) is 5. The third-order valence-corrected chi connectivity index (χ3v) is 7.01. The summed E-state index contributed by atoms with van der Waals surface area (Å²) >= 11 is 0. The largest absolute Gasteiger partial charge is 0.486 e. The van der Waals surface area contributed by atoms with Crippen LogP contribution in [0.15, 0.2) is 66.4 Å². The molecular formula is C28H31N5O3. The van der Waals surface area contributed by atoms with E-state index >= 15 is 0 Å². The van der Waals surface area contributed by atoms with Gasteiger partial charge in [0.15, 0.2) is 11.5 Å². The number of para-hydroxylation sites is 1. The van der Waals surface area contributed by atoms with Crippen LogP contribution in [-0.4, -0.2) is 67.8 Å². The van der Waals surface area contributed by atoms with Crippen molar-refractivity contribution in [2.24, 2.45) is 5.92 Å². The predicted molar refractivity (Wildman–Crippen MR) is 138 cm³/mol. The third-order valence-electron chi connectivity index (χ3n) is 7.01. The van der Waals surface area contributed by atoms with E-state index in [2.05, 4.69) is 33.8 Å². The number of carbonyl (C=O) groups is 1. The molecule has 1 aromatic heterocycles. The zero-order valence-corrected chi connectivity index (χ0v) is 20.5. The number of piperazine rings is 1. The van der Waals surface area contributed by atoms with Gasteiger partial charge in [0.25, 0.3) is 0 Å². The number of hydrogen-bond donors (Lipinski definition) is 0. The first kappa shape index (κ1) is 23.9. The van der Waals surface area contributed by atoms with Gasteiger partial charge in [-0.1, -0.05) is 24.3 Å². The first-order chi connectivity index (χ1) is 17.6. The molecule has 1 saturated heterocycles. The van der Waals surface area contributed by atoms with Crippen LogP contribution in [-0.2, 0) is 4.79 Å². The van der Waals surface area contributed by atoms with Crippen molar-refractivity contribution >= 4 is 17.4 Å². The number of aromatic nitrogens is 1. The van der Waals surface area contributed by atoms with Gasteiger partial charge in [0.1, 0.15) is 19.0 Å². The van der Waals surface area contributed by atoms with Gasteiger partial charge in [-0.2, -0.15) is 5.26 Å². The molecule has 3 aliphatic rings. The van der Waals surface area contributed by atoms with Crippen LogP contribution in [0.4, 0.5) is 11.5 Å². The Labute approximate surface area is 212 Å². The van der Waals surface area contributed by atoms with Gasteiger partial charge in [-0.25, -0.2) is 4.98 Å². The lowest BCUT2D eigenvalue weighted by molar-refractivity contribution is -0.121. The third kappa shape index (κ3) is 5.07. The van der Waals surface area contributed by atoms with Gasteiger partial charge >= 0.3 is 0 Å². The van der Waals surface area contributed by atoms with Gasteiger partial charge in [-0.05, 0) is 43.7 Å². The van der Waals surface area contributed by atoms with Crippen LogP contribution in [0.5, 0.6) is 11.5 Å². The van der Waals surface area contributed by atoms with E-state index in [1.807, 2.05) is 42.5 Å². The minimum atomic E-state index is -0.292. The summed E-state index contributed by atoms with van der Waals surface area (Å²) in [4.78, 5) is 24.6. The number of fused-ring (bicyclic) bond motifs is 1. The van der Waals surface area contributed by atoms with Crippen molar-refractivity contribution in [3.8, 4) is 17.6 Å². The van der Waals surface area contributed by atoms with Crippen LogP contribution in [0.25, 0.3) is 0 Å². The molecule has 2 atom stereocenters. The molecular weight excluding hydrogens is 454 g/mol. The minimum absolute atomic E-state index is 0.0109. The van der Waals surface area contributed by atoms with E-state index in [9.17, 15) is 4.79 Å². The zero-order valence-electron chi connectivity index (χ0n) is 20.5. The monoisotopic (exact) mass is 485 g/mol. The van der Waals surface area contributed by atoms with Gasteiger partial charge in [0.2, 0.25) is 5.91 Å². The molecule has 186 valence electrons. The molecule has 1 unspecified atom stereocenters. The lowest BCUT2D eigenvalue weighted by Crippen LogP contribution is -2.53. The van der Waals surface area contributed by atoms with Crippen molar-refractivity contribution in [3.05, 3.63) is 66.4 Å². The number of nitriles is 1. The van der Waals surface area contributed by atoms with E-state index in [1.165, 1.54) is 0 Å². The van der Waals surface area contributed by atoms with E-state index in [4.69, 9.17) is 14.7 Å². The second-order valence-electron chi connectivity index (χ2n) is 9.28. The van der Waals surface area contributed by atoms with Gasteiger partial charge in [0, 0.05) is 50.5 Å². The molecule has 2 aliphatic heterocycles. The normalized spacial score (nSPS) is 20.3. The molecule has 36 heavy (non-hydrogen) atoms. The highest BCUT2D eigenvalue weighted by atomic mass is 16.6. The van der Waals surface area contributed by atoms with Crippen molar-refractivity contribution < 1.29 is 14.3 Å². The van der Waals surface area contributed by atoms with E-state index in [0.717, 1.165) is 43.4 Å². The second kappa shape index (κ2) is 10.8. The Bertz CT molecular complexity index is 1180. The Morgan fingerprint density at radius 2 is 2.00 bits per heavy atom. The van der Waals surface area contributed by atoms with Gasteiger partial charge in [0.05, 0.1) is 17.7 Å². The molecule has 0 spiro atoms. The molecule has 1 aliphatic carbocycles. The maximum Gasteiger partial charge on any atom is 0.235 e. The molecule has 5 rings (SSSR count). The quantitative estimate of drug-likeness (QED) is 0.620. The summed E-state index contributed by atoms with van der Waals surface area (Å²) in [5.41, 5.74) is 1.69. The van der Waals surface area contributed by atoms with Gasteiger partial charge in [-0.3, -0.25) is 14.6 Å². The number of allylic oxidation sites excluding steroid dienone is 3. The van der Waals surface area contributed by atoms with Gasteiger partial charge < -0.3 is 14.4 Å². The summed E-state index contributed by atoms with van der Waals surface area (Å²) in [6, 6.07) is 14.0. The first-order valence-electron chi connectivity index (χ1n) is 12.5. The standard InChI is InChI=1S/C28H31N5O3/c1-21(31-13-15-32(16-14-31)24-5-4-6-25-27(24)36-18-17-35-25)20-33(26-7-2-3-12-30-26)28(34)23-10-8-22(19-29)9-11-23/h2-10,12,21,23H,11,13-18,20H2,1H3/t21-,23?/m1/s1. The average Bonchev–Trinajstić information content (AvgIpc) is 2.95. The van der Waals surface area contributed by atoms with Crippen LogP contribution in [0.1, 0.15) is 13.3 Å². The second-order valence-corrected chi connectivity index (χ2v) is 9.28. The Balaban J connectivity index is 1.25. The van der Waals surface area contributed by atoms with Crippen molar-refractivity contribution in [2.75, 3.05) is 55.7 Å². The number of benzene rings is 1. The van der Waals surface area contributed by atoms with Crippen LogP contribution in [0.3, 0.4) is 0 Å². The number of amides is 1. The van der Waals surface area contributed by atoms with Crippen LogP contribution < -0.4 is 19.3 Å². The molecule has 1 amide bonds. The average molecular weight is 486 g/mol. The SMILES string of the molecule is C[C@H](CN(C(=O)C1C=CC(C#N)=CC1)c1ccccn1)N1CCN(c2cccc3c2OCCO3)CC1. The molecule has 3 heterocycles. The number of carbonyl (C=O) groups excluding carboxylic acids is 1. The fraction of sp³-hybridized carbons (Fsp3) is 0.393. The summed E-state index contributed by atoms with van der Waals surface area (Å²) in [7, 11) is 0. The molecule has 0 radical (unpaired) electrons. The molecule has 8 nitrogen and oxygen atoms in total. The van der Waals surface area contributed by atoms with Crippen LogP contribution in [0, 0.1) is 17.2 Å². The van der Waals surface area contributed by atoms with Crippen molar-refractivity contribution in [2.45, 2.75) is 19.4 Å². The fourth-order valence-electron chi connectivity index (χ4n) is 4.99. The Morgan fingerprint density at radius 3 is 2.72 bits per heavy atom. The van der Waals surface area contributed by atoms with E-state index < -0.39 is 0 Å². The maximum atomic E-state index is 13.6. The Hall–Kier alpha value is -3.83. The molecule has 0 N–H and O–H groups in total. The highest BCUT2D eigenvalue weighted by Gasteiger charge is 2.30. The molecule has 0 saturated carbocycles. The lowest BCUT2D eigenvalue weighted by Gasteiger charge is -2.41. The van der Waals surface area contributed by atoms with E-state index in [1.54, 1.807) is 17.2 Å². The fourth-order valence-corrected chi connectivity index (χ4v) is 4.99. The predicted octanol–water partition coefficient (Wildman–Crippen LogP) is 3.42. The van der Waals surface area contributed by atoms with E-state index in [0.29, 0.717) is 37.6 Å². The highest BCUT2D eigenvalue weighted by Crippen LogP contribution is 2.39. The van der Waals surface area contributed by atoms with Crippen molar-refractivity contribution in [1.29, 1.82) is 5.26 Å². The van der Waals surface area contributed by atoms with Crippen LogP contribution in [0.2, 0.25) is 0 Å². The molecule has 0 bridgehead atoms. The number of ether oxygens (including phenoxy) is 2. The molecule has 2 aromatic rings. The smallest absolute Gasteiger partial charge is 0.235 e. The maximum absolute atomic E-state index is 13.6. The molecule has 1 aromatic carbocycles. The van der Waals surface area contributed by atoms with E-state index in [-0.39, 0.29) is 17.9 Å². The molecule has 8 heteroatoms. The molecule has 1 fully saturated rings. The Kier molecular flexibility index (Phi) is 7.19. The summed E-state index contributed by atoms with van der Waals surface area (Å²) in [6.45, 7) is 7.38. The summed E-state index contributed by atoms with van der Waals surface area (Å²) in [6.07, 6.45) is 7.66. The summed E-state index contributed by atoms with van der Waals surface area (Å²) in [5.74, 6) is 2.03. The van der Waals surface area contributed by atoms with Crippen molar-refractivity contribution in [1.82, 2.24) is 9.88 Å². The van der Waals surface area contributed by atoms with Crippen molar-refractivity contribution in [3.63, 3.8) is 0 Å². The van der Waals surface area contributed by atoms with Gasteiger partial charge in [-0.15, -0.1) is 0 Å². The zero-order chi connectivity index (χ0) is 24.9. The Morgan fingerprint density at radius 1 is 1.17 bits per heavy atom. The van der Waals surface area contributed by atoms with Crippen LogP contribution >= 0.6 is 0 Å².